The zero-order valence-electron chi connectivity index (χ0n) is 10.1. The lowest BCUT2D eigenvalue weighted by Crippen LogP contribution is -2.44. The second-order valence-corrected chi connectivity index (χ2v) is 7.12. The lowest BCUT2D eigenvalue weighted by Gasteiger charge is -2.36. The van der Waals surface area contributed by atoms with E-state index in [1.165, 1.54) is 4.88 Å². The number of nitrogens with zero attached hydrogens (tertiary/aromatic N) is 1. The van der Waals surface area contributed by atoms with Gasteiger partial charge in [-0.15, -0.1) is 11.3 Å². The second-order valence-electron chi connectivity index (χ2n) is 4.63. The van der Waals surface area contributed by atoms with Gasteiger partial charge in [0.15, 0.2) is 0 Å². The maximum atomic E-state index is 11.3. The molecule has 0 radical (unpaired) electrons. The summed E-state index contributed by atoms with van der Waals surface area (Å²) in [5.74, 6) is -0.223. The largest absolute Gasteiger partial charge is 0.369 e. The molecule has 0 aliphatic carbocycles. The number of piperidine rings is 1. The Hall–Kier alpha value is -0.430. The number of carbonyl (C=O) groups excluding carboxylic acids is 1. The summed E-state index contributed by atoms with van der Waals surface area (Å²) in [6.45, 7) is 2.28. The van der Waals surface area contributed by atoms with E-state index in [1.807, 2.05) is 6.07 Å². The Morgan fingerprint density at radius 1 is 1.61 bits per heavy atom. The second kappa shape index (κ2) is 6.14. The first kappa shape index (κ1) is 14.0. The first-order chi connectivity index (χ1) is 8.61. The highest BCUT2D eigenvalue weighted by molar-refractivity contribution is 9.11. The number of nitrogens with two attached hydrogens (primary N) is 2. The number of hydrogen-bond acceptors (Lipinski definition) is 4. The van der Waals surface area contributed by atoms with Gasteiger partial charge in [0.1, 0.15) is 0 Å². The number of hydrogen-bond donors (Lipinski definition) is 2. The van der Waals surface area contributed by atoms with Gasteiger partial charge in [-0.25, -0.2) is 0 Å². The molecule has 1 aliphatic heterocycles. The van der Waals surface area contributed by atoms with Crippen LogP contribution in [0.3, 0.4) is 0 Å². The van der Waals surface area contributed by atoms with Crippen molar-refractivity contribution in [2.45, 2.75) is 18.9 Å². The van der Waals surface area contributed by atoms with Gasteiger partial charge in [0.05, 0.1) is 15.7 Å². The van der Waals surface area contributed by atoms with Crippen LogP contribution < -0.4 is 11.5 Å². The van der Waals surface area contributed by atoms with E-state index in [9.17, 15) is 4.79 Å². The number of carbonyl (C=O) groups is 1. The molecule has 2 rings (SSSR count). The molecule has 4 nitrogen and oxygen atoms in total. The van der Waals surface area contributed by atoms with Crippen molar-refractivity contribution >= 4 is 33.2 Å². The van der Waals surface area contributed by atoms with Crippen LogP contribution in [-0.4, -0.2) is 30.4 Å². The van der Waals surface area contributed by atoms with Gasteiger partial charge in [0.25, 0.3) is 0 Å². The van der Waals surface area contributed by atoms with E-state index < -0.39 is 0 Å². The fourth-order valence-corrected chi connectivity index (χ4v) is 4.05. The minimum absolute atomic E-state index is 0.0313. The van der Waals surface area contributed by atoms with Crippen molar-refractivity contribution < 1.29 is 4.79 Å². The number of thiophene rings is 1. The minimum Gasteiger partial charge on any atom is -0.369 e. The topological polar surface area (TPSA) is 72.3 Å². The SMILES string of the molecule is NCC(c1ccc(Br)s1)N1CCCC(C(N)=O)C1. The summed E-state index contributed by atoms with van der Waals surface area (Å²) < 4.78 is 1.11. The minimum atomic E-state index is -0.192. The van der Waals surface area contributed by atoms with Crippen LogP contribution in [0.1, 0.15) is 23.8 Å². The molecule has 1 aromatic rings. The lowest BCUT2D eigenvalue weighted by molar-refractivity contribution is -0.123. The van der Waals surface area contributed by atoms with Gasteiger partial charge in [-0.05, 0) is 47.4 Å². The van der Waals surface area contributed by atoms with Crippen LogP contribution in [0.4, 0.5) is 0 Å². The Morgan fingerprint density at radius 2 is 2.39 bits per heavy atom. The molecule has 0 spiro atoms. The smallest absolute Gasteiger partial charge is 0.221 e. The van der Waals surface area contributed by atoms with E-state index >= 15 is 0 Å². The van der Waals surface area contributed by atoms with E-state index in [1.54, 1.807) is 11.3 Å². The van der Waals surface area contributed by atoms with Crippen LogP contribution >= 0.6 is 27.3 Å². The molecule has 100 valence electrons. The molecule has 2 heterocycles. The Balaban J connectivity index is 2.10. The predicted molar refractivity (Wildman–Crippen MR) is 77.3 cm³/mol. The Bertz CT molecular complexity index is 423. The molecule has 2 atom stereocenters. The van der Waals surface area contributed by atoms with Crippen molar-refractivity contribution in [1.29, 1.82) is 0 Å². The molecule has 1 aromatic heterocycles. The van der Waals surface area contributed by atoms with Gasteiger partial charge in [-0.1, -0.05) is 0 Å². The van der Waals surface area contributed by atoms with Crippen LogP contribution in [0.25, 0.3) is 0 Å². The van der Waals surface area contributed by atoms with Crippen molar-refractivity contribution in [2.75, 3.05) is 19.6 Å². The number of likely N-dealkylation sites (tertiary alicyclic amines) is 1. The van der Waals surface area contributed by atoms with E-state index in [2.05, 4.69) is 26.9 Å². The maximum Gasteiger partial charge on any atom is 0.221 e. The van der Waals surface area contributed by atoms with Gasteiger partial charge in [-0.3, -0.25) is 9.69 Å². The third kappa shape index (κ3) is 3.12. The van der Waals surface area contributed by atoms with Crippen LogP contribution in [0.2, 0.25) is 0 Å². The number of primary amides is 1. The van der Waals surface area contributed by atoms with Crippen LogP contribution in [0.5, 0.6) is 0 Å². The average molecular weight is 332 g/mol. The summed E-state index contributed by atoms with van der Waals surface area (Å²) in [5.41, 5.74) is 11.3. The molecule has 1 saturated heterocycles. The normalized spacial score (nSPS) is 22.9. The Morgan fingerprint density at radius 3 is 2.94 bits per heavy atom. The van der Waals surface area contributed by atoms with Crippen molar-refractivity contribution in [3.8, 4) is 0 Å². The zero-order chi connectivity index (χ0) is 13.1. The zero-order valence-corrected chi connectivity index (χ0v) is 12.5. The number of rotatable bonds is 4. The van der Waals surface area contributed by atoms with Gasteiger partial charge >= 0.3 is 0 Å². The van der Waals surface area contributed by atoms with Gasteiger partial charge in [-0.2, -0.15) is 0 Å². The third-order valence-electron chi connectivity index (χ3n) is 3.44. The van der Waals surface area contributed by atoms with E-state index in [0.29, 0.717) is 6.54 Å². The molecular formula is C12H18BrN3OS. The highest BCUT2D eigenvalue weighted by Crippen LogP contribution is 2.32. The van der Waals surface area contributed by atoms with Crippen molar-refractivity contribution in [1.82, 2.24) is 4.90 Å². The molecule has 4 N–H and O–H groups in total. The molecule has 0 saturated carbocycles. The van der Waals surface area contributed by atoms with Gasteiger partial charge < -0.3 is 11.5 Å². The predicted octanol–water partition coefficient (Wildman–Crippen LogP) is 1.71. The summed E-state index contributed by atoms with van der Waals surface area (Å²) in [5, 5.41) is 0. The fourth-order valence-electron chi connectivity index (χ4n) is 2.47. The van der Waals surface area contributed by atoms with Crippen LogP contribution in [0, 0.1) is 5.92 Å². The van der Waals surface area contributed by atoms with Gasteiger partial charge in [0, 0.05) is 18.0 Å². The van der Waals surface area contributed by atoms with E-state index in [-0.39, 0.29) is 17.9 Å². The summed E-state index contributed by atoms with van der Waals surface area (Å²) in [4.78, 5) is 14.8. The quantitative estimate of drug-likeness (QED) is 0.882. The van der Waals surface area contributed by atoms with Crippen molar-refractivity contribution in [2.24, 2.45) is 17.4 Å². The molecule has 1 amide bonds. The van der Waals surface area contributed by atoms with Crippen molar-refractivity contribution in [3.63, 3.8) is 0 Å². The summed E-state index contributed by atoms with van der Waals surface area (Å²) in [6, 6.07) is 4.33. The lowest BCUT2D eigenvalue weighted by atomic mass is 9.96. The fraction of sp³-hybridized carbons (Fsp3) is 0.583. The first-order valence-electron chi connectivity index (χ1n) is 6.10. The van der Waals surface area contributed by atoms with Crippen molar-refractivity contribution in [3.05, 3.63) is 20.8 Å². The van der Waals surface area contributed by atoms with E-state index in [0.717, 1.165) is 29.7 Å². The summed E-state index contributed by atoms with van der Waals surface area (Å²) in [6.07, 6.45) is 1.91. The molecule has 6 heteroatoms. The van der Waals surface area contributed by atoms with Crippen LogP contribution in [-0.2, 0) is 4.79 Å². The summed E-state index contributed by atoms with van der Waals surface area (Å²) >= 11 is 5.18. The van der Waals surface area contributed by atoms with E-state index in [4.69, 9.17) is 11.5 Å². The Labute approximate surface area is 119 Å². The third-order valence-corrected chi connectivity index (χ3v) is 5.17. The van der Waals surface area contributed by atoms with Crippen LogP contribution in [0.15, 0.2) is 15.9 Å². The summed E-state index contributed by atoms with van der Waals surface area (Å²) in [7, 11) is 0. The average Bonchev–Trinajstić information content (AvgIpc) is 2.77. The highest BCUT2D eigenvalue weighted by Gasteiger charge is 2.29. The maximum absolute atomic E-state index is 11.3. The molecular weight excluding hydrogens is 314 g/mol. The molecule has 1 fully saturated rings. The molecule has 1 aliphatic rings. The number of amides is 1. The molecule has 0 aromatic carbocycles. The number of halogens is 1. The first-order valence-corrected chi connectivity index (χ1v) is 7.71. The molecule has 18 heavy (non-hydrogen) atoms. The molecule has 2 unspecified atom stereocenters. The standard InChI is InChI=1S/C12H18BrN3OS/c13-11-4-3-10(18-11)9(6-14)16-5-1-2-8(7-16)12(15)17/h3-4,8-9H,1-2,5-7,14H2,(H2,15,17). The Kier molecular flexibility index (Phi) is 4.77. The monoisotopic (exact) mass is 331 g/mol. The highest BCUT2D eigenvalue weighted by atomic mass is 79.9. The van der Waals surface area contributed by atoms with Gasteiger partial charge in [0.2, 0.25) is 5.91 Å². The molecule has 0 bridgehead atoms.